The molecule has 1 amide bonds. The van der Waals surface area contributed by atoms with Crippen molar-refractivity contribution in [1.82, 2.24) is 10.6 Å². The van der Waals surface area contributed by atoms with Gasteiger partial charge in [-0.15, -0.1) is 0 Å². The molecule has 1 saturated carbocycles. The predicted octanol–water partition coefficient (Wildman–Crippen LogP) is 2.32. The number of piperidine rings is 1. The number of hydrogen-bond acceptors (Lipinski definition) is 2. The molecule has 2 N–H and O–H groups in total. The van der Waals surface area contributed by atoms with Crippen LogP contribution in [0.5, 0.6) is 0 Å². The van der Waals surface area contributed by atoms with Crippen LogP contribution in [-0.2, 0) is 4.79 Å². The van der Waals surface area contributed by atoms with Gasteiger partial charge in [0.25, 0.3) is 0 Å². The third kappa shape index (κ3) is 3.98. The zero-order valence-corrected chi connectivity index (χ0v) is 11.9. The Kier molecular flexibility index (Phi) is 5.04. The molecule has 4 unspecified atom stereocenters. The summed E-state index contributed by atoms with van der Waals surface area (Å²) in [5, 5.41) is 6.61. The summed E-state index contributed by atoms with van der Waals surface area (Å²) in [6.45, 7) is 6.53. The van der Waals surface area contributed by atoms with E-state index in [-0.39, 0.29) is 5.91 Å². The summed E-state index contributed by atoms with van der Waals surface area (Å²) in [6, 6.07) is 0.390. The van der Waals surface area contributed by atoms with Gasteiger partial charge in [0.1, 0.15) is 0 Å². The average molecular weight is 252 g/mol. The minimum atomic E-state index is 0.237. The SMILES string of the molecule is CC1CCC(CNC(=O)CC2NCCCC2C)C1. The standard InChI is InChI=1S/C15H28N2O/c1-11-5-6-13(8-11)10-17-15(18)9-14-12(2)4-3-7-16-14/h11-14,16H,3-10H2,1-2H3,(H,17,18). The molecule has 1 saturated heterocycles. The van der Waals surface area contributed by atoms with Crippen molar-refractivity contribution in [3.8, 4) is 0 Å². The average Bonchev–Trinajstić information content (AvgIpc) is 2.76. The lowest BCUT2D eigenvalue weighted by Crippen LogP contribution is -2.44. The fourth-order valence-corrected chi connectivity index (χ4v) is 3.43. The number of carbonyl (C=O) groups is 1. The van der Waals surface area contributed by atoms with Gasteiger partial charge in [-0.25, -0.2) is 0 Å². The molecule has 104 valence electrons. The first-order chi connectivity index (χ1) is 8.65. The van der Waals surface area contributed by atoms with Crippen LogP contribution in [0.2, 0.25) is 0 Å². The van der Waals surface area contributed by atoms with Gasteiger partial charge in [0.05, 0.1) is 0 Å². The normalized spacial score (nSPS) is 36.6. The molecule has 0 spiro atoms. The van der Waals surface area contributed by atoms with Crippen LogP contribution in [0.1, 0.15) is 52.4 Å². The fraction of sp³-hybridized carbons (Fsp3) is 0.933. The van der Waals surface area contributed by atoms with Gasteiger partial charge in [0.15, 0.2) is 0 Å². The summed E-state index contributed by atoms with van der Waals surface area (Å²) in [5.74, 6) is 2.45. The highest BCUT2D eigenvalue weighted by Gasteiger charge is 2.25. The molecule has 1 aliphatic heterocycles. The van der Waals surface area contributed by atoms with Crippen LogP contribution in [0.3, 0.4) is 0 Å². The molecule has 0 aromatic rings. The molecule has 0 aromatic heterocycles. The number of hydrogen-bond donors (Lipinski definition) is 2. The first-order valence-corrected chi connectivity index (χ1v) is 7.65. The van der Waals surface area contributed by atoms with Crippen molar-refractivity contribution >= 4 is 5.91 Å². The summed E-state index contributed by atoms with van der Waals surface area (Å²) in [5.41, 5.74) is 0. The van der Waals surface area contributed by atoms with E-state index >= 15 is 0 Å². The third-order valence-electron chi connectivity index (χ3n) is 4.73. The molecule has 2 rings (SSSR count). The Morgan fingerprint density at radius 2 is 2.11 bits per heavy atom. The monoisotopic (exact) mass is 252 g/mol. The molecule has 1 aliphatic carbocycles. The van der Waals surface area contributed by atoms with Crippen LogP contribution in [0.15, 0.2) is 0 Å². The minimum Gasteiger partial charge on any atom is -0.356 e. The van der Waals surface area contributed by atoms with Crippen molar-refractivity contribution in [2.24, 2.45) is 17.8 Å². The Morgan fingerprint density at radius 3 is 2.78 bits per heavy atom. The van der Waals surface area contributed by atoms with Crippen LogP contribution in [0.25, 0.3) is 0 Å². The van der Waals surface area contributed by atoms with Gasteiger partial charge < -0.3 is 10.6 Å². The third-order valence-corrected chi connectivity index (χ3v) is 4.73. The van der Waals surface area contributed by atoms with Crippen LogP contribution in [-0.4, -0.2) is 25.0 Å². The summed E-state index contributed by atoms with van der Waals surface area (Å²) in [7, 11) is 0. The van der Waals surface area contributed by atoms with Gasteiger partial charge in [0, 0.05) is 19.0 Å². The second-order valence-electron chi connectivity index (χ2n) is 6.47. The zero-order chi connectivity index (χ0) is 13.0. The molecule has 0 bridgehead atoms. The quantitative estimate of drug-likeness (QED) is 0.806. The van der Waals surface area contributed by atoms with Crippen molar-refractivity contribution in [2.45, 2.75) is 58.4 Å². The largest absolute Gasteiger partial charge is 0.356 e. The maximum atomic E-state index is 11.9. The van der Waals surface area contributed by atoms with Crippen molar-refractivity contribution in [1.29, 1.82) is 0 Å². The van der Waals surface area contributed by atoms with E-state index in [1.807, 2.05) is 0 Å². The number of carbonyl (C=O) groups excluding carboxylic acids is 1. The Labute approximate surface area is 111 Å². The predicted molar refractivity (Wildman–Crippen MR) is 74.3 cm³/mol. The van der Waals surface area contributed by atoms with E-state index in [0.29, 0.717) is 18.4 Å². The second-order valence-corrected chi connectivity index (χ2v) is 6.47. The molecular weight excluding hydrogens is 224 g/mol. The Balaban J connectivity index is 1.65. The van der Waals surface area contributed by atoms with Crippen molar-refractivity contribution < 1.29 is 4.79 Å². The van der Waals surface area contributed by atoms with Crippen molar-refractivity contribution in [3.05, 3.63) is 0 Å². The molecule has 4 atom stereocenters. The van der Waals surface area contributed by atoms with E-state index in [0.717, 1.165) is 24.9 Å². The van der Waals surface area contributed by atoms with Crippen LogP contribution >= 0.6 is 0 Å². The van der Waals surface area contributed by atoms with E-state index in [2.05, 4.69) is 24.5 Å². The second kappa shape index (κ2) is 6.55. The van der Waals surface area contributed by atoms with Gasteiger partial charge in [-0.05, 0) is 50.0 Å². The highest BCUT2D eigenvalue weighted by molar-refractivity contribution is 5.76. The smallest absolute Gasteiger partial charge is 0.221 e. The number of nitrogens with one attached hydrogen (secondary N) is 2. The maximum Gasteiger partial charge on any atom is 0.221 e. The van der Waals surface area contributed by atoms with Gasteiger partial charge >= 0.3 is 0 Å². The Bertz CT molecular complexity index is 280. The van der Waals surface area contributed by atoms with E-state index in [9.17, 15) is 4.79 Å². The lowest BCUT2D eigenvalue weighted by Gasteiger charge is -2.29. The topological polar surface area (TPSA) is 41.1 Å². The van der Waals surface area contributed by atoms with Gasteiger partial charge in [-0.1, -0.05) is 20.3 Å². The van der Waals surface area contributed by atoms with Gasteiger partial charge in [-0.3, -0.25) is 4.79 Å². The molecule has 18 heavy (non-hydrogen) atoms. The van der Waals surface area contributed by atoms with Gasteiger partial charge in [-0.2, -0.15) is 0 Å². The molecule has 0 radical (unpaired) electrons. The van der Waals surface area contributed by atoms with Crippen LogP contribution < -0.4 is 10.6 Å². The maximum absolute atomic E-state index is 11.9. The van der Waals surface area contributed by atoms with Gasteiger partial charge in [0.2, 0.25) is 5.91 Å². The van der Waals surface area contributed by atoms with Crippen molar-refractivity contribution in [3.63, 3.8) is 0 Å². The molecule has 2 aliphatic rings. The number of rotatable bonds is 4. The Morgan fingerprint density at radius 1 is 1.28 bits per heavy atom. The van der Waals surface area contributed by atoms with E-state index in [1.54, 1.807) is 0 Å². The summed E-state index contributed by atoms with van der Waals surface area (Å²) in [6.07, 6.45) is 7.08. The van der Waals surface area contributed by atoms with E-state index in [4.69, 9.17) is 0 Å². The van der Waals surface area contributed by atoms with Crippen LogP contribution in [0.4, 0.5) is 0 Å². The molecular formula is C15H28N2O. The van der Waals surface area contributed by atoms with E-state index in [1.165, 1.54) is 32.1 Å². The fourth-order valence-electron chi connectivity index (χ4n) is 3.43. The lowest BCUT2D eigenvalue weighted by atomic mass is 9.90. The summed E-state index contributed by atoms with van der Waals surface area (Å²) < 4.78 is 0. The first-order valence-electron chi connectivity index (χ1n) is 7.65. The van der Waals surface area contributed by atoms with Crippen molar-refractivity contribution in [2.75, 3.05) is 13.1 Å². The number of amides is 1. The molecule has 2 fully saturated rings. The molecule has 3 heteroatoms. The summed E-state index contributed by atoms with van der Waals surface area (Å²) in [4.78, 5) is 11.9. The minimum absolute atomic E-state index is 0.237. The van der Waals surface area contributed by atoms with E-state index < -0.39 is 0 Å². The lowest BCUT2D eigenvalue weighted by molar-refractivity contribution is -0.122. The van der Waals surface area contributed by atoms with Crippen LogP contribution in [0, 0.1) is 17.8 Å². The highest BCUT2D eigenvalue weighted by atomic mass is 16.1. The zero-order valence-electron chi connectivity index (χ0n) is 11.9. The molecule has 3 nitrogen and oxygen atoms in total. The molecule has 1 heterocycles. The highest BCUT2D eigenvalue weighted by Crippen LogP contribution is 2.29. The molecule has 0 aromatic carbocycles. The summed E-state index contributed by atoms with van der Waals surface area (Å²) >= 11 is 0. The Hall–Kier alpha value is -0.570. The first kappa shape index (κ1) is 13.9.